The van der Waals surface area contributed by atoms with Gasteiger partial charge >= 0.3 is 0 Å². The number of aromatic amines is 1. The van der Waals surface area contributed by atoms with E-state index in [0.717, 1.165) is 11.1 Å². The molecule has 2 heterocycles. The number of aromatic nitrogens is 4. The molecule has 4 aromatic rings. The first-order valence-corrected chi connectivity index (χ1v) is 8.53. The van der Waals surface area contributed by atoms with Gasteiger partial charge in [0.15, 0.2) is 11.6 Å². The lowest BCUT2D eigenvalue weighted by atomic mass is 10.1. The van der Waals surface area contributed by atoms with Crippen molar-refractivity contribution in [3.05, 3.63) is 82.8 Å². The molecule has 0 spiro atoms. The summed E-state index contributed by atoms with van der Waals surface area (Å²) in [4.78, 5) is 12.5. The molecular weight excluding hydrogens is 366 g/mol. The van der Waals surface area contributed by atoms with Crippen molar-refractivity contribution in [3.8, 4) is 11.3 Å². The maximum Gasteiger partial charge on any atom is 0.291 e. The van der Waals surface area contributed by atoms with Gasteiger partial charge in [-0.2, -0.15) is 5.21 Å². The molecular formula is C19H14ClN5O2. The zero-order chi connectivity index (χ0) is 18.6. The Morgan fingerprint density at radius 3 is 2.81 bits per heavy atom. The Bertz CT molecular complexity index is 1080. The highest BCUT2D eigenvalue weighted by Gasteiger charge is 2.13. The number of nitrogens with zero attached hydrogens (tertiary/aromatic N) is 3. The van der Waals surface area contributed by atoms with Crippen molar-refractivity contribution in [2.75, 3.05) is 5.32 Å². The minimum atomic E-state index is -0.333. The molecule has 4 rings (SSSR count). The molecule has 27 heavy (non-hydrogen) atoms. The lowest BCUT2D eigenvalue weighted by molar-refractivity contribution is 0.0997. The number of tetrazole rings is 1. The average molecular weight is 380 g/mol. The number of rotatable bonds is 5. The first kappa shape index (κ1) is 17.0. The summed E-state index contributed by atoms with van der Waals surface area (Å²) in [7, 11) is 0. The summed E-state index contributed by atoms with van der Waals surface area (Å²) < 4.78 is 5.67. The normalized spacial score (nSPS) is 10.7. The molecule has 8 heteroatoms. The summed E-state index contributed by atoms with van der Waals surface area (Å²) >= 11 is 6.00. The van der Waals surface area contributed by atoms with Gasteiger partial charge in [0.25, 0.3) is 5.91 Å². The SMILES string of the molecule is O=C(Nc1cccc(Cc2nn[nH]n2)c1)c1ccc(-c2cccc(Cl)c2)o1. The van der Waals surface area contributed by atoms with Gasteiger partial charge in [-0.1, -0.05) is 41.1 Å². The molecule has 0 radical (unpaired) electrons. The maximum absolute atomic E-state index is 12.5. The Kier molecular flexibility index (Phi) is 4.67. The number of halogens is 1. The molecule has 2 N–H and O–H groups in total. The standard InChI is InChI=1S/C19H14ClN5O2/c20-14-5-2-4-13(11-14)16-7-8-17(27-16)19(26)21-15-6-1-3-12(9-15)10-18-22-24-25-23-18/h1-9,11H,10H2,(H,21,26)(H,22,23,24,25). The molecule has 1 amide bonds. The summed E-state index contributed by atoms with van der Waals surface area (Å²) in [6, 6.07) is 18.1. The molecule has 7 nitrogen and oxygen atoms in total. The van der Waals surface area contributed by atoms with Crippen LogP contribution in [0.5, 0.6) is 0 Å². The van der Waals surface area contributed by atoms with Crippen molar-refractivity contribution in [2.45, 2.75) is 6.42 Å². The highest BCUT2D eigenvalue weighted by molar-refractivity contribution is 6.30. The van der Waals surface area contributed by atoms with Gasteiger partial charge in [0.05, 0.1) is 0 Å². The van der Waals surface area contributed by atoms with E-state index in [1.165, 1.54) is 0 Å². The number of furan rings is 1. The van der Waals surface area contributed by atoms with Gasteiger partial charge in [0.2, 0.25) is 0 Å². The predicted molar refractivity (Wildman–Crippen MR) is 101 cm³/mol. The minimum Gasteiger partial charge on any atom is -0.451 e. The molecule has 0 atom stereocenters. The second-order valence-electron chi connectivity index (χ2n) is 5.83. The molecule has 0 saturated heterocycles. The van der Waals surface area contributed by atoms with E-state index in [-0.39, 0.29) is 11.7 Å². The van der Waals surface area contributed by atoms with Crippen molar-refractivity contribution in [2.24, 2.45) is 0 Å². The Morgan fingerprint density at radius 1 is 1.11 bits per heavy atom. The van der Waals surface area contributed by atoms with Crippen LogP contribution in [-0.4, -0.2) is 26.5 Å². The molecule has 0 bridgehead atoms. The maximum atomic E-state index is 12.5. The molecule has 0 aliphatic heterocycles. The predicted octanol–water partition coefficient (Wildman–Crippen LogP) is 3.96. The van der Waals surface area contributed by atoms with Crippen molar-refractivity contribution in [1.82, 2.24) is 20.6 Å². The Hall–Kier alpha value is -3.45. The summed E-state index contributed by atoms with van der Waals surface area (Å²) in [6.45, 7) is 0. The first-order valence-electron chi connectivity index (χ1n) is 8.16. The molecule has 134 valence electrons. The molecule has 0 aliphatic rings. The first-order chi connectivity index (χ1) is 13.2. The van der Waals surface area contributed by atoms with Crippen LogP contribution in [0.2, 0.25) is 5.02 Å². The fourth-order valence-electron chi connectivity index (χ4n) is 2.65. The van der Waals surface area contributed by atoms with Crippen molar-refractivity contribution in [3.63, 3.8) is 0 Å². The van der Waals surface area contributed by atoms with E-state index in [0.29, 0.717) is 28.7 Å². The van der Waals surface area contributed by atoms with Gasteiger partial charge in [-0.15, -0.1) is 10.2 Å². The van der Waals surface area contributed by atoms with E-state index < -0.39 is 0 Å². The van der Waals surface area contributed by atoms with Crippen LogP contribution in [0.25, 0.3) is 11.3 Å². The molecule has 0 aliphatic carbocycles. The largest absolute Gasteiger partial charge is 0.451 e. The monoisotopic (exact) mass is 379 g/mol. The number of carbonyl (C=O) groups excluding carboxylic acids is 1. The second-order valence-corrected chi connectivity index (χ2v) is 6.27. The molecule has 0 fully saturated rings. The third-order valence-corrected chi connectivity index (χ3v) is 4.11. The fourth-order valence-corrected chi connectivity index (χ4v) is 2.84. The van der Waals surface area contributed by atoms with E-state index in [1.54, 1.807) is 30.3 Å². The van der Waals surface area contributed by atoms with Crippen molar-refractivity contribution >= 4 is 23.2 Å². The number of hydrogen-bond acceptors (Lipinski definition) is 5. The fraction of sp³-hybridized carbons (Fsp3) is 0.0526. The van der Waals surface area contributed by atoms with Crippen LogP contribution in [0.15, 0.2) is 65.1 Å². The van der Waals surface area contributed by atoms with E-state index >= 15 is 0 Å². The molecule has 2 aromatic carbocycles. The van der Waals surface area contributed by atoms with Gasteiger partial charge in [0.1, 0.15) is 5.76 Å². The summed E-state index contributed by atoms with van der Waals surface area (Å²) in [5, 5.41) is 17.2. The van der Waals surface area contributed by atoms with Crippen LogP contribution in [0.4, 0.5) is 5.69 Å². The summed E-state index contributed by atoms with van der Waals surface area (Å²) in [5.74, 6) is 1.04. The number of amides is 1. The Morgan fingerprint density at radius 2 is 2.00 bits per heavy atom. The third kappa shape index (κ3) is 4.04. The summed E-state index contributed by atoms with van der Waals surface area (Å²) in [5.41, 5.74) is 2.42. The van der Waals surface area contributed by atoms with Crippen molar-refractivity contribution in [1.29, 1.82) is 0 Å². The van der Waals surface area contributed by atoms with E-state index in [2.05, 4.69) is 25.9 Å². The van der Waals surface area contributed by atoms with Crippen molar-refractivity contribution < 1.29 is 9.21 Å². The smallest absolute Gasteiger partial charge is 0.291 e. The molecule has 0 unspecified atom stereocenters. The quantitative estimate of drug-likeness (QED) is 0.547. The minimum absolute atomic E-state index is 0.216. The second kappa shape index (κ2) is 7.43. The Labute approximate surface area is 159 Å². The lowest BCUT2D eigenvalue weighted by Gasteiger charge is -2.05. The number of anilines is 1. The number of nitrogens with one attached hydrogen (secondary N) is 2. The van der Waals surface area contributed by atoms with Crippen LogP contribution in [0.1, 0.15) is 21.9 Å². The third-order valence-electron chi connectivity index (χ3n) is 3.88. The zero-order valence-corrected chi connectivity index (χ0v) is 14.8. The van der Waals surface area contributed by atoms with E-state index in [1.807, 2.05) is 30.3 Å². The summed E-state index contributed by atoms with van der Waals surface area (Å²) in [6.07, 6.45) is 0.514. The van der Waals surface area contributed by atoms with Crippen LogP contribution in [-0.2, 0) is 6.42 Å². The molecule has 0 saturated carbocycles. The lowest BCUT2D eigenvalue weighted by Crippen LogP contribution is -2.11. The van der Waals surface area contributed by atoms with E-state index in [4.69, 9.17) is 16.0 Å². The van der Waals surface area contributed by atoms with Crippen LogP contribution in [0, 0.1) is 0 Å². The van der Waals surface area contributed by atoms with Gasteiger partial charge in [-0.25, -0.2) is 0 Å². The number of H-pyrrole nitrogens is 1. The highest BCUT2D eigenvalue weighted by atomic mass is 35.5. The number of carbonyl (C=O) groups is 1. The molecule has 2 aromatic heterocycles. The zero-order valence-electron chi connectivity index (χ0n) is 14.0. The number of benzene rings is 2. The van der Waals surface area contributed by atoms with Gasteiger partial charge in [-0.05, 0) is 42.0 Å². The highest BCUT2D eigenvalue weighted by Crippen LogP contribution is 2.25. The van der Waals surface area contributed by atoms with Crippen LogP contribution in [0.3, 0.4) is 0 Å². The average Bonchev–Trinajstić information content (AvgIpc) is 3.34. The Balaban J connectivity index is 1.48. The van der Waals surface area contributed by atoms with E-state index in [9.17, 15) is 4.79 Å². The van der Waals surface area contributed by atoms with Crippen LogP contribution < -0.4 is 5.32 Å². The van der Waals surface area contributed by atoms with Gasteiger partial charge in [0, 0.05) is 22.7 Å². The van der Waals surface area contributed by atoms with Gasteiger partial charge in [-0.3, -0.25) is 4.79 Å². The van der Waals surface area contributed by atoms with Gasteiger partial charge < -0.3 is 9.73 Å². The number of hydrogen-bond donors (Lipinski definition) is 2. The van der Waals surface area contributed by atoms with Crippen LogP contribution >= 0.6 is 11.6 Å². The topological polar surface area (TPSA) is 96.7 Å².